The van der Waals surface area contributed by atoms with Crippen molar-refractivity contribution in [3.05, 3.63) is 71.4 Å². The van der Waals surface area contributed by atoms with Gasteiger partial charge in [0.1, 0.15) is 12.3 Å². The second kappa shape index (κ2) is 9.12. The van der Waals surface area contributed by atoms with E-state index in [-0.39, 0.29) is 10.7 Å². The van der Waals surface area contributed by atoms with Crippen molar-refractivity contribution in [2.45, 2.75) is 4.90 Å². The topological polar surface area (TPSA) is 115 Å². The molecule has 3 aromatic rings. The number of amides is 1. The van der Waals surface area contributed by atoms with Crippen molar-refractivity contribution in [1.82, 2.24) is 4.72 Å². The molecule has 2 N–H and O–H groups in total. The number of ether oxygens (including phenoxy) is 1. The minimum atomic E-state index is -3.89. The minimum Gasteiger partial charge on any atom is -0.468 e. The summed E-state index contributed by atoms with van der Waals surface area (Å²) in [6.45, 7) is -0.483. The minimum absolute atomic E-state index is 0.0663. The Labute approximate surface area is 177 Å². The highest BCUT2D eigenvalue weighted by atomic mass is 35.5. The Hall–Kier alpha value is -3.14. The lowest BCUT2D eigenvalue weighted by Crippen LogP contribution is -2.30. The predicted molar refractivity (Wildman–Crippen MR) is 111 cm³/mol. The summed E-state index contributed by atoms with van der Waals surface area (Å²) in [7, 11) is -2.73. The molecule has 0 saturated heterocycles. The van der Waals surface area contributed by atoms with Gasteiger partial charge >= 0.3 is 5.97 Å². The number of benzene rings is 2. The number of nitrogens with one attached hydrogen (secondary N) is 2. The number of carbonyl (C=O) groups is 2. The number of halogens is 1. The van der Waals surface area contributed by atoms with Crippen molar-refractivity contribution in [2.24, 2.45) is 0 Å². The molecule has 1 aromatic heterocycles. The first-order valence-electron chi connectivity index (χ1n) is 8.63. The molecule has 2 aromatic carbocycles. The van der Waals surface area contributed by atoms with E-state index in [9.17, 15) is 18.0 Å². The molecule has 0 fully saturated rings. The van der Waals surface area contributed by atoms with Crippen molar-refractivity contribution in [3.8, 4) is 11.3 Å². The van der Waals surface area contributed by atoms with E-state index in [4.69, 9.17) is 16.0 Å². The van der Waals surface area contributed by atoms with Gasteiger partial charge in [-0.15, -0.1) is 0 Å². The maximum Gasteiger partial charge on any atom is 0.320 e. The van der Waals surface area contributed by atoms with Gasteiger partial charge in [0.05, 0.1) is 17.0 Å². The largest absolute Gasteiger partial charge is 0.468 e. The van der Waals surface area contributed by atoms with Crippen molar-refractivity contribution in [3.63, 3.8) is 0 Å². The lowest BCUT2D eigenvalue weighted by Gasteiger charge is -2.07. The number of anilines is 1. The standard InChI is InChI=1S/C20H17ClN2O6S/c1-28-19(24)12-22-30(26,27)14-8-6-13(7-9-14)23-20(25)18-11-10-17(29-18)15-4-2-3-5-16(15)21/h2-11,22H,12H2,1H3,(H,23,25). The third kappa shape index (κ3) is 5.07. The van der Waals surface area contributed by atoms with E-state index in [0.717, 1.165) is 7.11 Å². The van der Waals surface area contributed by atoms with Gasteiger partial charge < -0.3 is 14.5 Å². The Bertz CT molecular complexity index is 1170. The summed E-state index contributed by atoms with van der Waals surface area (Å²) in [6.07, 6.45) is 0. The fraction of sp³-hybridized carbons (Fsp3) is 0.100. The number of sulfonamides is 1. The molecule has 0 aliphatic carbocycles. The highest BCUT2D eigenvalue weighted by Crippen LogP contribution is 2.29. The molecular formula is C20H17ClN2O6S. The number of carbonyl (C=O) groups excluding carboxylic acids is 2. The van der Waals surface area contributed by atoms with E-state index in [2.05, 4.69) is 14.8 Å². The van der Waals surface area contributed by atoms with Gasteiger partial charge in [-0.3, -0.25) is 9.59 Å². The van der Waals surface area contributed by atoms with E-state index < -0.39 is 28.4 Å². The number of rotatable bonds is 7. The first kappa shape index (κ1) is 21.6. The molecule has 10 heteroatoms. The molecule has 30 heavy (non-hydrogen) atoms. The molecule has 0 aliphatic heterocycles. The summed E-state index contributed by atoms with van der Waals surface area (Å²) in [5.74, 6) is -0.699. The number of esters is 1. The number of methoxy groups -OCH3 is 1. The summed E-state index contributed by atoms with van der Waals surface area (Å²) >= 11 is 6.14. The van der Waals surface area contributed by atoms with Crippen LogP contribution in [0.4, 0.5) is 5.69 Å². The third-order valence-electron chi connectivity index (χ3n) is 4.03. The molecule has 0 saturated carbocycles. The highest BCUT2D eigenvalue weighted by Gasteiger charge is 2.17. The molecule has 1 amide bonds. The van der Waals surface area contributed by atoms with Crippen LogP contribution in [0.2, 0.25) is 5.02 Å². The number of hydrogen-bond acceptors (Lipinski definition) is 6. The van der Waals surface area contributed by atoms with E-state index in [1.54, 1.807) is 30.3 Å². The maximum atomic E-state index is 12.4. The Kier molecular flexibility index (Phi) is 6.56. The average molecular weight is 449 g/mol. The number of furan rings is 1. The van der Waals surface area contributed by atoms with Gasteiger partial charge in [-0.1, -0.05) is 23.7 Å². The van der Waals surface area contributed by atoms with Gasteiger partial charge in [0.15, 0.2) is 5.76 Å². The molecule has 156 valence electrons. The third-order valence-corrected chi connectivity index (χ3v) is 5.77. The van der Waals surface area contributed by atoms with Crippen LogP contribution >= 0.6 is 11.6 Å². The molecule has 0 aliphatic rings. The molecular weight excluding hydrogens is 432 g/mol. The van der Waals surface area contributed by atoms with Gasteiger partial charge in [-0.2, -0.15) is 4.72 Å². The second-order valence-corrected chi connectivity index (χ2v) is 8.20. The molecule has 0 spiro atoms. The Balaban J connectivity index is 1.68. The zero-order valence-electron chi connectivity index (χ0n) is 15.7. The Morgan fingerprint density at radius 3 is 2.40 bits per heavy atom. The molecule has 3 rings (SSSR count). The fourth-order valence-electron chi connectivity index (χ4n) is 2.49. The van der Waals surface area contributed by atoms with Crippen LogP contribution in [0.15, 0.2) is 70.0 Å². The summed E-state index contributed by atoms with van der Waals surface area (Å²) in [5.41, 5.74) is 1.02. The van der Waals surface area contributed by atoms with Gasteiger partial charge in [0.25, 0.3) is 5.91 Å². The van der Waals surface area contributed by atoms with Crippen LogP contribution in [0.3, 0.4) is 0 Å². The fourth-order valence-corrected chi connectivity index (χ4v) is 3.68. The zero-order valence-corrected chi connectivity index (χ0v) is 17.3. The summed E-state index contributed by atoms with van der Waals surface area (Å²) in [6, 6.07) is 15.7. The lowest BCUT2D eigenvalue weighted by atomic mass is 10.2. The monoisotopic (exact) mass is 448 g/mol. The first-order valence-corrected chi connectivity index (χ1v) is 10.5. The average Bonchev–Trinajstić information content (AvgIpc) is 3.23. The van der Waals surface area contributed by atoms with Crippen molar-refractivity contribution < 1.29 is 27.2 Å². The molecule has 0 radical (unpaired) electrons. The zero-order chi connectivity index (χ0) is 21.7. The summed E-state index contributed by atoms with van der Waals surface area (Å²) in [4.78, 5) is 23.4. The van der Waals surface area contributed by atoms with Gasteiger partial charge in [-0.25, -0.2) is 8.42 Å². The molecule has 1 heterocycles. The first-order chi connectivity index (χ1) is 14.3. The van der Waals surface area contributed by atoms with E-state index in [1.807, 2.05) is 0 Å². The smallest absolute Gasteiger partial charge is 0.320 e. The van der Waals surface area contributed by atoms with Crippen molar-refractivity contribution >= 4 is 39.2 Å². The van der Waals surface area contributed by atoms with Crippen LogP contribution < -0.4 is 10.0 Å². The summed E-state index contributed by atoms with van der Waals surface area (Å²) < 4.78 is 36.4. The van der Waals surface area contributed by atoms with Crippen LogP contribution in [0, 0.1) is 0 Å². The molecule has 0 unspecified atom stereocenters. The van der Waals surface area contributed by atoms with Crippen molar-refractivity contribution in [1.29, 1.82) is 0 Å². The lowest BCUT2D eigenvalue weighted by molar-refractivity contribution is -0.139. The van der Waals surface area contributed by atoms with Gasteiger partial charge in [0, 0.05) is 11.3 Å². The Morgan fingerprint density at radius 2 is 1.73 bits per heavy atom. The van der Waals surface area contributed by atoms with Crippen LogP contribution in [-0.2, 0) is 19.6 Å². The van der Waals surface area contributed by atoms with Crippen LogP contribution in [0.25, 0.3) is 11.3 Å². The van der Waals surface area contributed by atoms with E-state index >= 15 is 0 Å². The van der Waals surface area contributed by atoms with Crippen molar-refractivity contribution in [2.75, 3.05) is 19.0 Å². The quantitative estimate of drug-likeness (QED) is 0.536. The normalized spacial score (nSPS) is 11.1. The second-order valence-electron chi connectivity index (χ2n) is 6.02. The van der Waals surface area contributed by atoms with Crippen LogP contribution in [-0.4, -0.2) is 33.9 Å². The van der Waals surface area contributed by atoms with E-state index in [0.29, 0.717) is 22.0 Å². The summed E-state index contributed by atoms with van der Waals surface area (Å²) in [5, 5.41) is 3.12. The Morgan fingerprint density at radius 1 is 1.03 bits per heavy atom. The van der Waals surface area contributed by atoms with E-state index in [1.165, 1.54) is 30.3 Å². The maximum absolute atomic E-state index is 12.4. The van der Waals surface area contributed by atoms with Crippen LogP contribution in [0.1, 0.15) is 10.6 Å². The SMILES string of the molecule is COC(=O)CNS(=O)(=O)c1ccc(NC(=O)c2ccc(-c3ccccc3Cl)o2)cc1. The van der Waals surface area contributed by atoms with Crippen LogP contribution in [0.5, 0.6) is 0 Å². The number of hydrogen-bond donors (Lipinski definition) is 2. The molecule has 8 nitrogen and oxygen atoms in total. The highest BCUT2D eigenvalue weighted by molar-refractivity contribution is 7.89. The van der Waals surface area contributed by atoms with Gasteiger partial charge in [-0.05, 0) is 48.5 Å². The van der Waals surface area contributed by atoms with Gasteiger partial charge in [0.2, 0.25) is 10.0 Å². The predicted octanol–water partition coefficient (Wildman–Crippen LogP) is 3.30. The molecule has 0 bridgehead atoms. The molecule has 0 atom stereocenters.